The number of hydrogen-bond acceptors (Lipinski definition) is 6. The summed E-state index contributed by atoms with van der Waals surface area (Å²) in [4.78, 5) is 25.6. The van der Waals surface area contributed by atoms with Gasteiger partial charge in [-0.25, -0.2) is 12.8 Å². The number of nitro groups is 1. The predicted octanol–water partition coefficient (Wildman–Crippen LogP) is 1.34. The van der Waals surface area contributed by atoms with E-state index in [0.29, 0.717) is 38.3 Å². The van der Waals surface area contributed by atoms with E-state index in [4.69, 9.17) is 0 Å². The minimum absolute atomic E-state index is 0. The number of piperazine rings is 1. The maximum absolute atomic E-state index is 14.1. The van der Waals surface area contributed by atoms with Crippen LogP contribution in [0, 0.1) is 15.9 Å². The normalized spacial score (nSPS) is 15.6. The summed E-state index contributed by atoms with van der Waals surface area (Å²) in [6, 6.07) is 1.25. The van der Waals surface area contributed by atoms with E-state index in [1.54, 1.807) is 0 Å². The summed E-state index contributed by atoms with van der Waals surface area (Å²) in [5.41, 5.74) is -1.14. The van der Waals surface area contributed by atoms with Gasteiger partial charge in [0.1, 0.15) is 16.3 Å². The SMILES string of the molecule is CCN1CCN(C(=O)c2cc(F)c(S(C)(=O)=O)cc2[N+](=O)[O-])CC1.Cl. The second-order valence-corrected chi connectivity index (χ2v) is 7.54. The van der Waals surface area contributed by atoms with Crippen molar-refractivity contribution in [3.8, 4) is 0 Å². The Labute approximate surface area is 151 Å². The van der Waals surface area contributed by atoms with E-state index >= 15 is 0 Å². The van der Waals surface area contributed by atoms with E-state index in [1.165, 1.54) is 4.90 Å². The van der Waals surface area contributed by atoms with Gasteiger partial charge in [0.2, 0.25) is 0 Å². The average Bonchev–Trinajstić information content (AvgIpc) is 2.52. The van der Waals surface area contributed by atoms with Crippen LogP contribution in [0.1, 0.15) is 17.3 Å². The minimum atomic E-state index is -3.98. The van der Waals surface area contributed by atoms with Crippen LogP contribution in [-0.4, -0.2) is 68.0 Å². The number of benzene rings is 1. The summed E-state index contributed by atoms with van der Waals surface area (Å²) in [5, 5.41) is 11.2. The summed E-state index contributed by atoms with van der Waals surface area (Å²) in [5.74, 6) is -1.84. The quantitative estimate of drug-likeness (QED) is 0.563. The molecule has 0 aromatic heterocycles. The van der Waals surface area contributed by atoms with E-state index in [0.717, 1.165) is 12.8 Å². The summed E-state index contributed by atoms with van der Waals surface area (Å²) in [6.45, 7) is 4.82. The van der Waals surface area contributed by atoms with Gasteiger partial charge in [-0.15, -0.1) is 12.4 Å². The van der Waals surface area contributed by atoms with Crippen LogP contribution in [0.15, 0.2) is 17.0 Å². The number of nitrogens with zero attached hydrogens (tertiary/aromatic N) is 3. The third kappa shape index (κ3) is 4.65. The van der Waals surface area contributed by atoms with Crippen molar-refractivity contribution in [2.45, 2.75) is 11.8 Å². The van der Waals surface area contributed by atoms with Crippen molar-refractivity contribution in [3.63, 3.8) is 0 Å². The molecule has 1 fully saturated rings. The second kappa shape index (κ2) is 8.07. The fourth-order valence-corrected chi connectivity index (χ4v) is 3.33. The molecular weight excluding hydrogens is 377 g/mol. The van der Waals surface area contributed by atoms with Gasteiger partial charge < -0.3 is 9.80 Å². The maximum Gasteiger partial charge on any atom is 0.283 e. The van der Waals surface area contributed by atoms with Crippen molar-refractivity contribution >= 4 is 33.8 Å². The van der Waals surface area contributed by atoms with Gasteiger partial charge in [-0.1, -0.05) is 6.92 Å². The van der Waals surface area contributed by atoms with Crippen LogP contribution in [0.2, 0.25) is 0 Å². The number of nitro benzene ring substituents is 1. The first kappa shape index (κ1) is 21.3. The minimum Gasteiger partial charge on any atom is -0.336 e. The lowest BCUT2D eigenvalue weighted by atomic mass is 10.1. The van der Waals surface area contributed by atoms with Crippen LogP contribution >= 0.6 is 12.4 Å². The molecule has 0 N–H and O–H groups in total. The predicted molar refractivity (Wildman–Crippen MR) is 91.4 cm³/mol. The highest BCUT2D eigenvalue weighted by Gasteiger charge is 2.30. The summed E-state index contributed by atoms with van der Waals surface area (Å²) in [6.07, 6.45) is 0.751. The van der Waals surface area contributed by atoms with E-state index in [-0.39, 0.29) is 12.4 Å². The third-order valence-electron chi connectivity index (χ3n) is 3.98. The van der Waals surface area contributed by atoms with E-state index in [2.05, 4.69) is 4.90 Å². The van der Waals surface area contributed by atoms with Gasteiger partial charge in [0.15, 0.2) is 9.84 Å². The Kier molecular flexibility index (Phi) is 6.86. The Hall–Kier alpha value is -1.78. The number of likely N-dealkylation sites (N-methyl/N-ethyl adjacent to an activating group) is 1. The lowest BCUT2D eigenvalue weighted by molar-refractivity contribution is -0.385. The molecule has 1 saturated heterocycles. The van der Waals surface area contributed by atoms with Crippen LogP contribution in [0.5, 0.6) is 0 Å². The van der Waals surface area contributed by atoms with Crippen LogP contribution in [0.4, 0.5) is 10.1 Å². The van der Waals surface area contributed by atoms with Crippen molar-refractivity contribution in [3.05, 3.63) is 33.6 Å². The standard InChI is InChI=1S/C14H18FN3O5S.ClH/c1-3-16-4-6-17(7-5-16)14(19)10-8-11(15)13(24(2,22)23)9-12(10)18(20)21;/h8-9H,3-7H2,1-2H3;1H. The molecule has 2 rings (SSSR count). The van der Waals surface area contributed by atoms with E-state index in [1.807, 2.05) is 6.92 Å². The molecule has 0 bridgehead atoms. The van der Waals surface area contributed by atoms with Crippen LogP contribution in [0.25, 0.3) is 0 Å². The number of amides is 1. The zero-order chi connectivity index (χ0) is 18.1. The van der Waals surface area contributed by atoms with Gasteiger partial charge in [-0.3, -0.25) is 14.9 Å². The molecule has 1 amide bonds. The second-order valence-electron chi connectivity index (χ2n) is 5.56. The van der Waals surface area contributed by atoms with E-state index in [9.17, 15) is 27.7 Å². The molecule has 1 aliphatic heterocycles. The number of hydrogen-bond donors (Lipinski definition) is 0. The number of carbonyl (C=O) groups excluding carboxylic acids is 1. The van der Waals surface area contributed by atoms with Gasteiger partial charge in [0.05, 0.1) is 4.92 Å². The van der Waals surface area contributed by atoms with Crippen LogP contribution in [-0.2, 0) is 9.84 Å². The van der Waals surface area contributed by atoms with Gasteiger partial charge in [0, 0.05) is 38.5 Å². The van der Waals surface area contributed by atoms with Gasteiger partial charge in [-0.2, -0.15) is 0 Å². The number of carbonyl (C=O) groups is 1. The van der Waals surface area contributed by atoms with Crippen molar-refractivity contribution in [2.75, 3.05) is 39.0 Å². The summed E-state index contributed by atoms with van der Waals surface area (Å²) in [7, 11) is -3.98. The summed E-state index contributed by atoms with van der Waals surface area (Å²) >= 11 is 0. The molecule has 8 nitrogen and oxygen atoms in total. The average molecular weight is 396 g/mol. The number of halogens is 2. The highest BCUT2D eigenvalue weighted by molar-refractivity contribution is 7.90. The summed E-state index contributed by atoms with van der Waals surface area (Å²) < 4.78 is 37.1. The highest BCUT2D eigenvalue weighted by atomic mass is 35.5. The Morgan fingerprint density at radius 1 is 1.28 bits per heavy atom. The van der Waals surface area contributed by atoms with Crippen LogP contribution < -0.4 is 0 Å². The first-order valence-corrected chi connectivity index (χ1v) is 9.24. The fraction of sp³-hybridized carbons (Fsp3) is 0.500. The zero-order valence-electron chi connectivity index (χ0n) is 13.8. The van der Waals surface area contributed by atoms with Gasteiger partial charge in [0.25, 0.3) is 11.6 Å². The molecule has 140 valence electrons. The molecule has 0 radical (unpaired) electrons. The highest BCUT2D eigenvalue weighted by Crippen LogP contribution is 2.27. The first-order valence-electron chi connectivity index (χ1n) is 7.34. The molecule has 1 aliphatic rings. The van der Waals surface area contributed by atoms with Crippen LogP contribution in [0.3, 0.4) is 0 Å². The number of rotatable bonds is 4. The molecule has 1 heterocycles. The van der Waals surface area contributed by atoms with Crippen molar-refractivity contribution in [1.29, 1.82) is 0 Å². The molecule has 11 heteroatoms. The maximum atomic E-state index is 14.1. The Balaban J connectivity index is 0.00000312. The lowest BCUT2D eigenvalue weighted by Gasteiger charge is -2.34. The molecule has 25 heavy (non-hydrogen) atoms. The van der Waals surface area contributed by atoms with Crippen molar-refractivity contribution < 1.29 is 22.5 Å². The Bertz CT molecular complexity index is 779. The fourth-order valence-electron chi connectivity index (χ4n) is 2.59. The molecule has 0 saturated carbocycles. The molecule has 0 aliphatic carbocycles. The zero-order valence-corrected chi connectivity index (χ0v) is 15.4. The lowest BCUT2D eigenvalue weighted by Crippen LogP contribution is -2.48. The molecule has 1 aromatic rings. The van der Waals surface area contributed by atoms with Gasteiger partial charge in [-0.05, 0) is 12.6 Å². The van der Waals surface area contributed by atoms with Crippen molar-refractivity contribution in [2.24, 2.45) is 0 Å². The largest absolute Gasteiger partial charge is 0.336 e. The molecule has 1 aromatic carbocycles. The Morgan fingerprint density at radius 2 is 1.84 bits per heavy atom. The molecule has 0 spiro atoms. The smallest absolute Gasteiger partial charge is 0.283 e. The topological polar surface area (TPSA) is 101 Å². The molecule has 0 unspecified atom stereocenters. The van der Waals surface area contributed by atoms with Gasteiger partial charge >= 0.3 is 0 Å². The number of sulfone groups is 1. The monoisotopic (exact) mass is 395 g/mol. The Morgan fingerprint density at radius 3 is 2.28 bits per heavy atom. The first-order chi connectivity index (χ1) is 11.1. The van der Waals surface area contributed by atoms with E-state index < -0.39 is 42.6 Å². The third-order valence-corrected chi connectivity index (χ3v) is 5.10. The molecule has 0 atom stereocenters. The van der Waals surface area contributed by atoms with Crippen molar-refractivity contribution in [1.82, 2.24) is 9.80 Å². The molecular formula is C14H19ClFN3O5S.